The molecule has 2 unspecified atom stereocenters. The van der Waals surface area contributed by atoms with Gasteiger partial charge in [-0.1, -0.05) is 24.3 Å². The molecule has 1 aromatic rings. The van der Waals surface area contributed by atoms with Gasteiger partial charge in [0.15, 0.2) is 0 Å². The molecule has 2 nitrogen and oxygen atoms in total. The number of nitrogens with two attached hydrogens (primary N) is 1. The molecule has 0 bridgehead atoms. The van der Waals surface area contributed by atoms with E-state index in [4.69, 9.17) is 5.73 Å². The van der Waals surface area contributed by atoms with E-state index in [0.29, 0.717) is 12.6 Å². The number of hydrogen-bond acceptors (Lipinski definition) is 3. The molecule has 0 aromatic heterocycles. The second kappa shape index (κ2) is 5.01. The van der Waals surface area contributed by atoms with Crippen LogP contribution in [-0.4, -0.2) is 18.1 Å². The zero-order chi connectivity index (χ0) is 10.7. The van der Waals surface area contributed by atoms with Gasteiger partial charge >= 0.3 is 0 Å². The fraction of sp³-hybridized carbons (Fsp3) is 0.500. The molecule has 0 spiro atoms. The summed E-state index contributed by atoms with van der Waals surface area (Å²) in [5.74, 6) is 0. The molecule has 1 fully saturated rings. The molecule has 1 aliphatic rings. The molecule has 3 N–H and O–H groups in total. The highest BCUT2D eigenvalue weighted by atomic mass is 32.2. The van der Waals surface area contributed by atoms with Gasteiger partial charge in [-0.05, 0) is 23.8 Å². The van der Waals surface area contributed by atoms with Crippen LogP contribution in [0.2, 0.25) is 0 Å². The van der Waals surface area contributed by atoms with E-state index in [1.54, 1.807) is 0 Å². The Morgan fingerprint density at radius 2 is 2.40 bits per heavy atom. The van der Waals surface area contributed by atoms with Gasteiger partial charge in [0.05, 0.1) is 0 Å². The van der Waals surface area contributed by atoms with Gasteiger partial charge in [0.1, 0.15) is 0 Å². The van der Waals surface area contributed by atoms with E-state index in [1.807, 2.05) is 11.8 Å². The SMILES string of the molecule is CSC1CNC(c2cccc(CN)c2)C1. The average molecular weight is 222 g/mol. The normalized spacial score (nSPS) is 25.7. The average Bonchev–Trinajstić information content (AvgIpc) is 2.78. The lowest BCUT2D eigenvalue weighted by Gasteiger charge is -2.11. The van der Waals surface area contributed by atoms with Gasteiger partial charge in [-0.15, -0.1) is 0 Å². The molecule has 15 heavy (non-hydrogen) atoms. The third-order valence-electron chi connectivity index (χ3n) is 3.01. The number of hydrogen-bond donors (Lipinski definition) is 2. The highest BCUT2D eigenvalue weighted by molar-refractivity contribution is 7.99. The van der Waals surface area contributed by atoms with Crippen LogP contribution in [0.3, 0.4) is 0 Å². The summed E-state index contributed by atoms with van der Waals surface area (Å²) in [7, 11) is 0. The zero-order valence-electron chi connectivity index (χ0n) is 9.07. The molecule has 0 radical (unpaired) electrons. The molecule has 1 heterocycles. The van der Waals surface area contributed by atoms with Crippen LogP contribution in [0, 0.1) is 0 Å². The Morgan fingerprint density at radius 1 is 1.53 bits per heavy atom. The van der Waals surface area contributed by atoms with Gasteiger partial charge in [0.2, 0.25) is 0 Å². The molecule has 2 rings (SSSR count). The zero-order valence-corrected chi connectivity index (χ0v) is 9.89. The molecule has 3 heteroatoms. The molecule has 1 aromatic carbocycles. The van der Waals surface area contributed by atoms with E-state index in [-0.39, 0.29) is 0 Å². The van der Waals surface area contributed by atoms with Crippen LogP contribution in [0.5, 0.6) is 0 Å². The van der Waals surface area contributed by atoms with Crippen LogP contribution in [0.4, 0.5) is 0 Å². The van der Waals surface area contributed by atoms with Gasteiger partial charge in [-0.3, -0.25) is 0 Å². The van der Waals surface area contributed by atoms with Crippen molar-refractivity contribution in [2.24, 2.45) is 5.73 Å². The van der Waals surface area contributed by atoms with Crippen molar-refractivity contribution in [2.45, 2.75) is 24.3 Å². The van der Waals surface area contributed by atoms with Crippen LogP contribution in [0.25, 0.3) is 0 Å². The first kappa shape index (κ1) is 11.0. The summed E-state index contributed by atoms with van der Waals surface area (Å²) >= 11 is 1.95. The summed E-state index contributed by atoms with van der Waals surface area (Å²) in [5.41, 5.74) is 8.25. The third kappa shape index (κ3) is 2.54. The topological polar surface area (TPSA) is 38.0 Å². The maximum atomic E-state index is 5.65. The van der Waals surface area contributed by atoms with Crippen molar-refractivity contribution < 1.29 is 0 Å². The van der Waals surface area contributed by atoms with Gasteiger partial charge in [-0.2, -0.15) is 11.8 Å². The minimum absolute atomic E-state index is 0.522. The van der Waals surface area contributed by atoms with E-state index >= 15 is 0 Å². The van der Waals surface area contributed by atoms with Gasteiger partial charge in [0.25, 0.3) is 0 Å². The van der Waals surface area contributed by atoms with Crippen molar-refractivity contribution in [3.63, 3.8) is 0 Å². The van der Waals surface area contributed by atoms with Crippen molar-refractivity contribution in [2.75, 3.05) is 12.8 Å². The molecular formula is C12H18N2S. The largest absolute Gasteiger partial charge is 0.326 e. The van der Waals surface area contributed by atoms with E-state index in [0.717, 1.165) is 11.8 Å². The first-order valence-electron chi connectivity index (χ1n) is 5.38. The quantitative estimate of drug-likeness (QED) is 0.820. The van der Waals surface area contributed by atoms with Crippen molar-refractivity contribution >= 4 is 11.8 Å². The molecule has 82 valence electrons. The lowest BCUT2D eigenvalue weighted by atomic mass is 10.0. The van der Waals surface area contributed by atoms with Gasteiger partial charge in [-0.25, -0.2) is 0 Å². The maximum Gasteiger partial charge on any atom is 0.0331 e. The maximum absolute atomic E-state index is 5.65. The second-order valence-electron chi connectivity index (χ2n) is 4.00. The summed E-state index contributed by atoms with van der Waals surface area (Å²) in [4.78, 5) is 0. The van der Waals surface area contributed by atoms with Crippen LogP contribution < -0.4 is 11.1 Å². The Morgan fingerprint density at radius 3 is 3.07 bits per heavy atom. The van der Waals surface area contributed by atoms with Crippen molar-refractivity contribution in [3.05, 3.63) is 35.4 Å². The van der Waals surface area contributed by atoms with Crippen molar-refractivity contribution in [1.82, 2.24) is 5.32 Å². The number of benzene rings is 1. The van der Waals surface area contributed by atoms with Crippen molar-refractivity contribution in [1.29, 1.82) is 0 Å². The molecule has 0 amide bonds. The Bertz CT molecular complexity index is 327. The van der Waals surface area contributed by atoms with E-state index in [9.17, 15) is 0 Å². The fourth-order valence-corrected chi connectivity index (χ4v) is 2.72. The van der Waals surface area contributed by atoms with Gasteiger partial charge < -0.3 is 11.1 Å². The monoisotopic (exact) mass is 222 g/mol. The van der Waals surface area contributed by atoms with E-state index in [1.165, 1.54) is 17.5 Å². The fourth-order valence-electron chi connectivity index (χ4n) is 2.07. The predicted octanol–water partition coefficient (Wildman–Crippen LogP) is 1.91. The van der Waals surface area contributed by atoms with Crippen LogP contribution in [0.15, 0.2) is 24.3 Å². The van der Waals surface area contributed by atoms with Crippen LogP contribution in [-0.2, 0) is 6.54 Å². The predicted molar refractivity (Wildman–Crippen MR) is 67.0 cm³/mol. The number of rotatable bonds is 3. The highest BCUT2D eigenvalue weighted by Gasteiger charge is 2.24. The Kier molecular flexibility index (Phi) is 3.67. The summed E-state index contributed by atoms with van der Waals surface area (Å²) < 4.78 is 0. The van der Waals surface area contributed by atoms with Gasteiger partial charge in [0, 0.05) is 24.4 Å². The Labute approximate surface area is 95.6 Å². The highest BCUT2D eigenvalue weighted by Crippen LogP contribution is 2.29. The minimum Gasteiger partial charge on any atom is -0.326 e. The Hall–Kier alpha value is -0.510. The number of thioether (sulfide) groups is 1. The second-order valence-corrected chi connectivity index (χ2v) is 5.14. The summed E-state index contributed by atoms with van der Waals surface area (Å²) in [6, 6.07) is 9.13. The third-order valence-corrected chi connectivity index (χ3v) is 4.04. The Balaban J connectivity index is 2.09. The van der Waals surface area contributed by atoms with Crippen molar-refractivity contribution in [3.8, 4) is 0 Å². The molecule has 1 aliphatic heterocycles. The lowest BCUT2D eigenvalue weighted by molar-refractivity contribution is 0.647. The molecule has 0 aliphatic carbocycles. The lowest BCUT2D eigenvalue weighted by Crippen LogP contribution is -2.14. The van der Waals surface area contributed by atoms with Crippen LogP contribution in [0.1, 0.15) is 23.6 Å². The first-order chi connectivity index (χ1) is 7.33. The van der Waals surface area contributed by atoms with E-state index < -0.39 is 0 Å². The first-order valence-corrected chi connectivity index (χ1v) is 6.67. The molecular weight excluding hydrogens is 204 g/mol. The number of nitrogens with one attached hydrogen (secondary N) is 1. The summed E-state index contributed by atoms with van der Waals surface area (Å²) in [6.07, 6.45) is 3.42. The molecule has 1 saturated heterocycles. The summed E-state index contributed by atoms with van der Waals surface area (Å²) in [5, 5.41) is 4.32. The molecule has 0 saturated carbocycles. The van der Waals surface area contributed by atoms with E-state index in [2.05, 4.69) is 35.8 Å². The molecule has 2 atom stereocenters. The minimum atomic E-state index is 0.522. The smallest absolute Gasteiger partial charge is 0.0331 e. The standard InChI is InChI=1S/C12H18N2S/c1-15-11-6-12(14-8-11)10-4-2-3-9(5-10)7-13/h2-5,11-12,14H,6-8,13H2,1H3. The van der Waals surface area contributed by atoms with Crippen LogP contribution >= 0.6 is 11.8 Å². The summed E-state index contributed by atoms with van der Waals surface area (Å²) in [6.45, 7) is 1.76.